The first-order valence-electron chi connectivity index (χ1n) is 4.47. The van der Waals surface area contributed by atoms with Gasteiger partial charge in [-0.1, -0.05) is 32.9 Å². The molecule has 0 saturated heterocycles. The first-order chi connectivity index (χ1) is 5.59. The molecule has 0 aromatic carbocycles. The predicted octanol–water partition coefficient (Wildman–Crippen LogP) is 2.70. The van der Waals surface area contributed by atoms with E-state index in [1.807, 2.05) is 32.9 Å². The van der Waals surface area contributed by atoms with Gasteiger partial charge in [-0.3, -0.25) is 4.79 Å². The molecule has 0 saturated carbocycles. The van der Waals surface area contributed by atoms with Crippen molar-refractivity contribution < 1.29 is 9.90 Å². The van der Waals surface area contributed by atoms with Crippen molar-refractivity contribution in [3.05, 3.63) is 12.2 Å². The lowest BCUT2D eigenvalue weighted by atomic mass is 9.92. The summed E-state index contributed by atoms with van der Waals surface area (Å²) < 4.78 is 0. The zero-order valence-electron chi connectivity index (χ0n) is 8.08. The van der Waals surface area contributed by atoms with E-state index in [0.29, 0.717) is 6.42 Å². The number of aliphatic carboxylic acids is 1. The smallest absolute Gasteiger partial charge is 0.307 e. The van der Waals surface area contributed by atoms with Gasteiger partial charge >= 0.3 is 5.97 Å². The standard InChI is InChI=1S/C10H18O2/c1-4-5-6-7-9(8(2)3)10(11)12/h5-6,8-9H,4,7H2,1-3H3,(H,11,12)/b6-5+. The van der Waals surface area contributed by atoms with Gasteiger partial charge in [-0.05, 0) is 18.8 Å². The summed E-state index contributed by atoms with van der Waals surface area (Å²) in [5, 5.41) is 8.81. The minimum absolute atomic E-state index is 0.212. The van der Waals surface area contributed by atoms with Gasteiger partial charge < -0.3 is 5.11 Å². The highest BCUT2D eigenvalue weighted by Crippen LogP contribution is 2.15. The summed E-state index contributed by atoms with van der Waals surface area (Å²) in [7, 11) is 0. The van der Waals surface area contributed by atoms with Crippen molar-refractivity contribution in [2.45, 2.75) is 33.6 Å². The van der Waals surface area contributed by atoms with E-state index in [1.54, 1.807) is 0 Å². The highest BCUT2D eigenvalue weighted by Gasteiger charge is 2.19. The third-order valence-electron chi connectivity index (χ3n) is 1.91. The van der Waals surface area contributed by atoms with Gasteiger partial charge in [-0.25, -0.2) is 0 Å². The molecule has 12 heavy (non-hydrogen) atoms. The van der Waals surface area contributed by atoms with Crippen LogP contribution in [0, 0.1) is 11.8 Å². The Morgan fingerprint density at radius 2 is 2.00 bits per heavy atom. The van der Waals surface area contributed by atoms with Crippen molar-refractivity contribution in [3.63, 3.8) is 0 Å². The fourth-order valence-electron chi connectivity index (χ4n) is 1.07. The lowest BCUT2D eigenvalue weighted by Crippen LogP contribution is -2.18. The number of carboxylic acid groups (broad SMARTS) is 1. The van der Waals surface area contributed by atoms with Crippen LogP contribution in [0.4, 0.5) is 0 Å². The second-order valence-corrected chi connectivity index (χ2v) is 3.30. The molecule has 1 atom stereocenters. The van der Waals surface area contributed by atoms with Crippen LogP contribution in [0.2, 0.25) is 0 Å². The van der Waals surface area contributed by atoms with E-state index in [2.05, 4.69) is 0 Å². The maximum Gasteiger partial charge on any atom is 0.307 e. The molecule has 0 aromatic rings. The van der Waals surface area contributed by atoms with Crippen LogP contribution in [-0.2, 0) is 4.79 Å². The molecule has 0 bridgehead atoms. The third kappa shape index (κ3) is 4.16. The quantitative estimate of drug-likeness (QED) is 0.644. The molecule has 2 heteroatoms. The number of rotatable bonds is 5. The molecule has 0 heterocycles. The van der Waals surface area contributed by atoms with Gasteiger partial charge in [0.25, 0.3) is 0 Å². The number of hydrogen-bond donors (Lipinski definition) is 1. The Morgan fingerprint density at radius 3 is 2.33 bits per heavy atom. The van der Waals surface area contributed by atoms with Crippen LogP contribution < -0.4 is 0 Å². The first kappa shape index (κ1) is 11.2. The van der Waals surface area contributed by atoms with Crippen LogP contribution in [0.5, 0.6) is 0 Å². The molecule has 0 fully saturated rings. The Balaban J connectivity index is 3.97. The average molecular weight is 170 g/mol. The average Bonchev–Trinajstić information content (AvgIpc) is 1.96. The summed E-state index contributed by atoms with van der Waals surface area (Å²) in [4.78, 5) is 10.7. The largest absolute Gasteiger partial charge is 0.481 e. The van der Waals surface area contributed by atoms with Gasteiger partial charge in [-0.15, -0.1) is 0 Å². The lowest BCUT2D eigenvalue weighted by molar-refractivity contribution is -0.143. The van der Waals surface area contributed by atoms with E-state index in [1.165, 1.54) is 0 Å². The second kappa shape index (κ2) is 5.81. The van der Waals surface area contributed by atoms with Crippen LogP contribution in [0.3, 0.4) is 0 Å². The summed E-state index contributed by atoms with van der Waals surface area (Å²) >= 11 is 0. The molecule has 0 aliphatic carbocycles. The van der Waals surface area contributed by atoms with Crippen molar-refractivity contribution in [1.29, 1.82) is 0 Å². The van der Waals surface area contributed by atoms with Gasteiger partial charge in [0, 0.05) is 0 Å². The molecule has 0 spiro atoms. The van der Waals surface area contributed by atoms with Crippen molar-refractivity contribution in [1.82, 2.24) is 0 Å². The molecule has 0 amide bonds. The van der Waals surface area contributed by atoms with Crippen molar-refractivity contribution >= 4 is 5.97 Å². The van der Waals surface area contributed by atoms with Gasteiger partial charge in [0.05, 0.1) is 5.92 Å². The zero-order valence-corrected chi connectivity index (χ0v) is 8.08. The van der Waals surface area contributed by atoms with Gasteiger partial charge in [0.15, 0.2) is 0 Å². The number of carboxylic acids is 1. The molecule has 0 aliphatic rings. The van der Waals surface area contributed by atoms with E-state index in [0.717, 1.165) is 6.42 Å². The lowest BCUT2D eigenvalue weighted by Gasteiger charge is -2.13. The Hall–Kier alpha value is -0.790. The van der Waals surface area contributed by atoms with E-state index < -0.39 is 5.97 Å². The molecular weight excluding hydrogens is 152 g/mol. The van der Waals surface area contributed by atoms with Crippen molar-refractivity contribution in [2.24, 2.45) is 11.8 Å². The normalized spacial score (nSPS) is 14.0. The van der Waals surface area contributed by atoms with E-state index in [-0.39, 0.29) is 11.8 Å². The third-order valence-corrected chi connectivity index (χ3v) is 1.91. The maximum atomic E-state index is 10.7. The molecule has 2 nitrogen and oxygen atoms in total. The first-order valence-corrected chi connectivity index (χ1v) is 4.47. The second-order valence-electron chi connectivity index (χ2n) is 3.30. The molecule has 0 rings (SSSR count). The van der Waals surface area contributed by atoms with E-state index >= 15 is 0 Å². The van der Waals surface area contributed by atoms with Crippen LogP contribution >= 0.6 is 0 Å². The van der Waals surface area contributed by atoms with E-state index in [9.17, 15) is 4.79 Å². The Kier molecular flexibility index (Phi) is 5.43. The molecule has 0 radical (unpaired) electrons. The monoisotopic (exact) mass is 170 g/mol. The summed E-state index contributed by atoms with van der Waals surface area (Å²) in [6.45, 7) is 5.93. The zero-order chi connectivity index (χ0) is 9.56. The van der Waals surface area contributed by atoms with Gasteiger partial charge in [0.2, 0.25) is 0 Å². The molecular formula is C10H18O2. The summed E-state index contributed by atoms with van der Waals surface area (Å²) in [5.41, 5.74) is 0. The predicted molar refractivity (Wildman–Crippen MR) is 50.0 cm³/mol. The van der Waals surface area contributed by atoms with Crippen molar-refractivity contribution in [2.75, 3.05) is 0 Å². The number of allylic oxidation sites excluding steroid dienone is 2. The topological polar surface area (TPSA) is 37.3 Å². The summed E-state index contributed by atoms with van der Waals surface area (Å²) in [6, 6.07) is 0. The fraction of sp³-hybridized carbons (Fsp3) is 0.700. The fourth-order valence-corrected chi connectivity index (χ4v) is 1.07. The Labute approximate surface area is 74.3 Å². The van der Waals surface area contributed by atoms with E-state index in [4.69, 9.17) is 5.11 Å². The SMILES string of the molecule is CC/C=C/CC(C(=O)O)C(C)C. The molecule has 1 N–H and O–H groups in total. The number of hydrogen-bond acceptors (Lipinski definition) is 1. The van der Waals surface area contributed by atoms with Crippen LogP contribution in [0.15, 0.2) is 12.2 Å². The van der Waals surface area contributed by atoms with Crippen LogP contribution in [0.25, 0.3) is 0 Å². The Morgan fingerprint density at radius 1 is 1.42 bits per heavy atom. The summed E-state index contributed by atoms with van der Waals surface area (Å²) in [5.74, 6) is -0.706. The van der Waals surface area contributed by atoms with Gasteiger partial charge in [-0.2, -0.15) is 0 Å². The van der Waals surface area contributed by atoms with Gasteiger partial charge in [0.1, 0.15) is 0 Å². The highest BCUT2D eigenvalue weighted by atomic mass is 16.4. The molecule has 1 unspecified atom stereocenters. The molecule has 70 valence electrons. The summed E-state index contributed by atoms with van der Waals surface area (Å²) in [6.07, 6.45) is 5.60. The minimum Gasteiger partial charge on any atom is -0.481 e. The minimum atomic E-state index is -0.689. The van der Waals surface area contributed by atoms with Crippen LogP contribution in [0.1, 0.15) is 33.6 Å². The highest BCUT2D eigenvalue weighted by molar-refractivity contribution is 5.70. The molecule has 0 aromatic heterocycles. The maximum absolute atomic E-state index is 10.7. The molecule has 0 aliphatic heterocycles. The number of carbonyl (C=O) groups is 1. The van der Waals surface area contributed by atoms with Crippen molar-refractivity contribution in [3.8, 4) is 0 Å². The van der Waals surface area contributed by atoms with Crippen LogP contribution in [-0.4, -0.2) is 11.1 Å². The Bertz CT molecular complexity index is 159.